The molecule has 3 fully saturated rings. The highest BCUT2D eigenvalue weighted by Crippen LogP contribution is 2.67. The summed E-state index contributed by atoms with van der Waals surface area (Å²) in [5, 5.41) is 44.0. The van der Waals surface area contributed by atoms with Gasteiger partial charge in [0, 0.05) is 17.8 Å². The SMILES string of the molecule is C=C[C@@]1(C)CC(=O)[C@]2(O)[C@@]3(C)[C@@H](O)CCC(C)(C)[C@@H]3[C@H](O)[C@H](OC(=O)CCC(=O)O)[C@@]2(C)O1. The van der Waals surface area contributed by atoms with Gasteiger partial charge in [-0.25, -0.2) is 0 Å². The Labute approximate surface area is 193 Å². The number of Topliss-reactive ketones (excluding diaryl/α,β-unsaturated/α-hetero) is 1. The molecule has 3 aliphatic rings. The molecule has 3 rings (SSSR count). The van der Waals surface area contributed by atoms with Crippen LogP contribution in [-0.2, 0) is 23.9 Å². The molecule has 9 heteroatoms. The Balaban J connectivity index is 2.21. The van der Waals surface area contributed by atoms with Gasteiger partial charge in [-0.1, -0.05) is 26.8 Å². The fourth-order valence-corrected chi connectivity index (χ4v) is 6.89. The molecule has 1 saturated heterocycles. The Kier molecular flexibility index (Phi) is 6.15. The van der Waals surface area contributed by atoms with Crippen LogP contribution in [-0.4, -0.2) is 73.3 Å². The molecule has 8 atom stereocenters. The number of aliphatic carboxylic acids is 1. The minimum atomic E-state index is -2.30. The quantitative estimate of drug-likeness (QED) is 0.346. The van der Waals surface area contributed by atoms with Gasteiger partial charge >= 0.3 is 11.9 Å². The van der Waals surface area contributed by atoms with Crippen LogP contribution < -0.4 is 0 Å². The summed E-state index contributed by atoms with van der Waals surface area (Å²) in [5.41, 5.74) is -7.60. The number of hydrogen-bond acceptors (Lipinski definition) is 8. The molecule has 2 saturated carbocycles. The number of rotatable bonds is 5. The first kappa shape index (κ1) is 25.8. The summed E-state index contributed by atoms with van der Waals surface area (Å²) in [5.74, 6) is -3.51. The van der Waals surface area contributed by atoms with E-state index < -0.39 is 82.4 Å². The molecule has 33 heavy (non-hydrogen) atoms. The summed E-state index contributed by atoms with van der Waals surface area (Å²) in [6.45, 7) is 12.1. The number of carboxylic acid groups (broad SMARTS) is 1. The Morgan fingerprint density at radius 2 is 1.79 bits per heavy atom. The Hall–Kier alpha value is -1.81. The Morgan fingerprint density at radius 3 is 2.33 bits per heavy atom. The van der Waals surface area contributed by atoms with E-state index in [4.69, 9.17) is 14.6 Å². The van der Waals surface area contributed by atoms with Gasteiger partial charge in [0.1, 0.15) is 5.60 Å². The summed E-state index contributed by atoms with van der Waals surface area (Å²) in [6.07, 6.45) is -2.93. The lowest BCUT2D eigenvalue weighted by molar-refractivity contribution is -0.370. The normalized spacial score (nSPS) is 46.6. The first-order valence-corrected chi connectivity index (χ1v) is 11.4. The highest BCUT2D eigenvalue weighted by molar-refractivity contribution is 5.92. The zero-order chi connectivity index (χ0) is 25.2. The van der Waals surface area contributed by atoms with E-state index in [1.165, 1.54) is 13.0 Å². The topological polar surface area (TPSA) is 151 Å². The minimum Gasteiger partial charge on any atom is -0.481 e. The van der Waals surface area contributed by atoms with E-state index >= 15 is 0 Å². The average molecular weight is 469 g/mol. The van der Waals surface area contributed by atoms with Gasteiger partial charge in [-0.2, -0.15) is 0 Å². The summed E-state index contributed by atoms with van der Waals surface area (Å²) < 4.78 is 11.9. The molecule has 0 spiro atoms. The largest absolute Gasteiger partial charge is 0.481 e. The monoisotopic (exact) mass is 468 g/mol. The third kappa shape index (κ3) is 3.47. The van der Waals surface area contributed by atoms with Gasteiger partial charge in [-0.05, 0) is 32.1 Å². The molecule has 1 aliphatic heterocycles. The van der Waals surface area contributed by atoms with Gasteiger partial charge in [-0.3, -0.25) is 14.4 Å². The van der Waals surface area contributed by atoms with E-state index in [1.54, 1.807) is 13.8 Å². The van der Waals surface area contributed by atoms with Crippen LogP contribution in [0.15, 0.2) is 12.7 Å². The van der Waals surface area contributed by atoms with Gasteiger partial charge in [0.25, 0.3) is 0 Å². The highest BCUT2D eigenvalue weighted by atomic mass is 16.6. The number of fused-ring (bicyclic) bond motifs is 3. The second kappa shape index (κ2) is 7.86. The number of esters is 1. The van der Waals surface area contributed by atoms with E-state index in [1.807, 2.05) is 13.8 Å². The van der Waals surface area contributed by atoms with Crippen LogP contribution in [0.2, 0.25) is 0 Å². The summed E-state index contributed by atoms with van der Waals surface area (Å²) in [4.78, 5) is 37.2. The van der Waals surface area contributed by atoms with E-state index in [9.17, 15) is 29.7 Å². The van der Waals surface area contributed by atoms with Crippen molar-refractivity contribution >= 4 is 17.7 Å². The zero-order valence-electron chi connectivity index (χ0n) is 20.0. The lowest BCUT2D eigenvalue weighted by Gasteiger charge is -2.71. The van der Waals surface area contributed by atoms with Crippen LogP contribution in [0.4, 0.5) is 0 Å². The van der Waals surface area contributed by atoms with Crippen molar-refractivity contribution in [3.8, 4) is 0 Å². The molecule has 0 aromatic carbocycles. The van der Waals surface area contributed by atoms with Gasteiger partial charge in [0.05, 0.1) is 30.7 Å². The summed E-state index contributed by atoms with van der Waals surface area (Å²) >= 11 is 0. The van der Waals surface area contributed by atoms with Crippen LogP contribution in [0.3, 0.4) is 0 Å². The minimum absolute atomic E-state index is 0.214. The lowest BCUT2D eigenvalue weighted by atomic mass is 9.40. The molecule has 9 nitrogen and oxygen atoms in total. The van der Waals surface area contributed by atoms with Crippen LogP contribution in [0.1, 0.15) is 66.7 Å². The van der Waals surface area contributed by atoms with E-state index in [2.05, 4.69) is 6.58 Å². The average Bonchev–Trinajstić information content (AvgIpc) is 2.70. The van der Waals surface area contributed by atoms with Crippen molar-refractivity contribution in [2.45, 2.75) is 102 Å². The van der Waals surface area contributed by atoms with Crippen molar-refractivity contribution in [1.82, 2.24) is 0 Å². The van der Waals surface area contributed by atoms with Crippen molar-refractivity contribution in [1.29, 1.82) is 0 Å². The molecular weight excluding hydrogens is 432 g/mol. The maximum Gasteiger partial charge on any atom is 0.306 e. The highest BCUT2D eigenvalue weighted by Gasteiger charge is 2.81. The summed E-state index contributed by atoms with van der Waals surface area (Å²) in [7, 11) is 0. The van der Waals surface area contributed by atoms with Gasteiger partial charge in [0.15, 0.2) is 17.5 Å². The zero-order valence-corrected chi connectivity index (χ0v) is 20.0. The Morgan fingerprint density at radius 1 is 1.18 bits per heavy atom. The number of aliphatic hydroxyl groups is 3. The maximum atomic E-state index is 13.7. The van der Waals surface area contributed by atoms with Crippen molar-refractivity contribution in [3.05, 3.63) is 12.7 Å². The second-order valence-corrected chi connectivity index (χ2v) is 11.1. The van der Waals surface area contributed by atoms with Crippen LogP contribution in [0, 0.1) is 16.7 Å². The standard InChI is InChI=1S/C24H36O9/c1-7-21(4)12-14(26)24(31)22(5)13(25)10-11-20(2,3)18(22)17(30)19(23(24,6)33-21)32-16(29)9-8-15(27)28/h7,13,17-19,25,30-31H,1,8-12H2,2-6H3,(H,27,28)/t13-,17-,18-,19-,21-,22-,23+,24-/m0/s1. The first-order valence-electron chi connectivity index (χ1n) is 11.4. The second-order valence-electron chi connectivity index (χ2n) is 11.1. The predicted octanol–water partition coefficient (Wildman–Crippen LogP) is 1.36. The molecule has 4 N–H and O–H groups in total. The van der Waals surface area contributed by atoms with E-state index in [-0.39, 0.29) is 6.42 Å². The number of ketones is 1. The van der Waals surface area contributed by atoms with Gasteiger partial charge < -0.3 is 29.9 Å². The number of carboxylic acids is 1. The van der Waals surface area contributed by atoms with E-state index in [0.717, 1.165) is 0 Å². The van der Waals surface area contributed by atoms with Gasteiger partial charge in [-0.15, -0.1) is 6.58 Å². The van der Waals surface area contributed by atoms with Crippen molar-refractivity contribution in [3.63, 3.8) is 0 Å². The van der Waals surface area contributed by atoms with Crippen molar-refractivity contribution in [2.75, 3.05) is 0 Å². The van der Waals surface area contributed by atoms with Gasteiger partial charge in [0.2, 0.25) is 0 Å². The molecule has 0 unspecified atom stereocenters. The molecule has 0 amide bonds. The fraction of sp³-hybridized carbons (Fsp3) is 0.792. The van der Waals surface area contributed by atoms with Crippen LogP contribution in [0.25, 0.3) is 0 Å². The van der Waals surface area contributed by atoms with Crippen LogP contribution in [0.5, 0.6) is 0 Å². The molecule has 1 heterocycles. The molecule has 186 valence electrons. The molecule has 0 bridgehead atoms. The first-order chi connectivity index (χ1) is 15.0. The van der Waals surface area contributed by atoms with Crippen molar-refractivity contribution in [2.24, 2.45) is 16.7 Å². The predicted molar refractivity (Wildman–Crippen MR) is 116 cm³/mol. The smallest absolute Gasteiger partial charge is 0.306 e. The third-order valence-corrected chi connectivity index (χ3v) is 8.53. The Bertz CT molecular complexity index is 868. The van der Waals surface area contributed by atoms with Crippen molar-refractivity contribution < 1.29 is 44.3 Å². The molecular formula is C24H36O9. The lowest BCUT2D eigenvalue weighted by Crippen LogP contribution is -2.86. The number of aliphatic hydroxyl groups excluding tert-OH is 2. The van der Waals surface area contributed by atoms with Crippen LogP contribution >= 0.6 is 0 Å². The molecule has 0 aromatic heterocycles. The summed E-state index contributed by atoms with van der Waals surface area (Å²) in [6, 6.07) is 0. The number of hydrogen-bond donors (Lipinski definition) is 4. The van der Waals surface area contributed by atoms with E-state index in [0.29, 0.717) is 12.8 Å². The molecule has 2 aliphatic carbocycles. The fourth-order valence-electron chi connectivity index (χ4n) is 6.89. The number of ether oxygens (including phenoxy) is 2. The molecule has 0 aromatic rings. The number of carbonyl (C=O) groups excluding carboxylic acids is 2. The number of carbonyl (C=O) groups is 3. The maximum absolute atomic E-state index is 13.7. The third-order valence-electron chi connectivity index (χ3n) is 8.53. The molecule has 0 radical (unpaired) electrons.